The Balaban J connectivity index is 1.40. The smallest absolute Gasteiger partial charge is 0.230 e. The van der Waals surface area contributed by atoms with Crippen molar-refractivity contribution in [2.45, 2.75) is 51.6 Å². The molecule has 1 fully saturated rings. The number of hydrazone groups is 1. The van der Waals surface area contributed by atoms with Gasteiger partial charge in [-0.05, 0) is 24.3 Å². The second-order valence-electron chi connectivity index (χ2n) is 7.58. The van der Waals surface area contributed by atoms with Gasteiger partial charge in [0.15, 0.2) is 5.17 Å². The molecule has 0 saturated heterocycles. The molecule has 0 spiro atoms. The van der Waals surface area contributed by atoms with E-state index in [9.17, 15) is 4.79 Å². The summed E-state index contributed by atoms with van der Waals surface area (Å²) in [5, 5.41) is 10.5. The lowest BCUT2D eigenvalue weighted by atomic mass is 9.78. The highest BCUT2D eigenvalue weighted by Gasteiger charge is 2.33. The largest absolute Gasteiger partial charge is 0.352 e. The summed E-state index contributed by atoms with van der Waals surface area (Å²) in [4.78, 5) is 17.2. The Morgan fingerprint density at radius 3 is 3.04 bits per heavy atom. The van der Waals surface area contributed by atoms with Crippen molar-refractivity contribution in [3.8, 4) is 0 Å². The van der Waals surface area contributed by atoms with Crippen LogP contribution in [-0.2, 0) is 4.79 Å². The standard InChI is InChI=1S/C20H26N4OS/c1-13-6-5-9-16(14(13)2)22-19(25)12-26-20-23-17-8-4-3-7-15(17)18-10-11-21-24(18)20/h3-4,7-8,11,13-14,16,18H,5-6,9-10,12H2,1-2H3,(H,22,25)/t13-,14+,16+,18+/m0/s1. The lowest BCUT2D eigenvalue weighted by Crippen LogP contribution is -2.44. The fourth-order valence-corrected chi connectivity index (χ4v) is 4.96. The number of carbonyl (C=O) groups is 1. The molecule has 4 rings (SSSR count). The Morgan fingerprint density at radius 1 is 1.31 bits per heavy atom. The number of amides is 1. The average Bonchev–Trinajstić information content (AvgIpc) is 3.14. The van der Waals surface area contributed by atoms with E-state index in [2.05, 4.69) is 30.3 Å². The van der Waals surface area contributed by atoms with Gasteiger partial charge in [-0.3, -0.25) is 4.79 Å². The van der Waals surface area contributed by atoms with Gasteiger partial charge in [-0.1, -0.05) is 56.7 Å². The van der Waals surface area contributed by atoms with E-state index >= 15 is 0 Å². The van der Waals surface area contributed by atoms with Crippen molar-refractivity contribution in [2.75, 3.05) is 5.75 Å². The Labute approximate surface area is 159 Å². The number of benzene rings is 1. The van der Waals surface area contributed by atoms with E-state index in [-0.39, 0.29) is 11.9 Å². The fraction of sp³-hybridized carbons (Fsp3) is 0.550. The molecular formula is C20H26N4OS. The molecule has 1 aromatic carbocycles. The maximum absolute atomic E-state index is 12.5. The first-order valence-corrected chi connectivity index (χ1v) is 10.5. The Morgan fingerprint density at radius 2 is 2.15 bits per heavy atom. The number of hydrogen-bond donors (Lipinski definition) is 1. The number of nitrogens with zero attached hydrogens (tertiary/aromatic N) is 3. The highest BCUT2D eigenvalue weighted by atomic mass is 32.2. The molecule has 0 bridgehead atoms. The van der Waals surface area contributed by atoms with Crippen LogP contribution in [0.5, 0.6) is 0 Å². The van der Waals surface area contributed by atoms with Gasteiger partial charge in [0.05, 0.1) is 17.5 Å². The molecule has 26 heavy (non-hydrogen) atoms. The van der Waals surface area contributed by atoms with Crippen LogP contribution in [0.15, 0.2) is 34.4 Å². The van der Waals surface area contributed by atoms with Crippen molar-refractivity contribution in [1.29, 1.82) is 0 Å². The SMILES string of the molecule is C[C@@H]1[C@@H](C)CCC[C@H]1NC(=O)CSC1=Nc2ccccc2[C@H]2CC=NN12. The average molecular weight is 371 g/mol. The quantitative estimate of drug-likeness (QED) is 0.872. The molecule has 0 radical (unpaired) electrons. The zero-order chi connectivity index (χ0) is 18.1. The molecule has 1 amide bonds. The number of fused-ring (bicyclic) bond motifs is 3. The Kier molecular flexibility index (Phi) is 5.02. The second-order valence-corrected chi connectivity index (χ2v) is 8.52. The van der Waals surface area contributed by atoms with Crippen LogP contribution in [0.1, 0.15) is 51.1 Å². The van der Waals surface area contributed by atoms with Gasteiger partial charge < -0.3 is 5.32 Å². The minimum absolute atomic E-state index is 0.0993. The van der Waals surface area contributed by atoms with E-state index in [1.807, 2.05) is 29.4 Å². The summed E-state index contributed by atoms with van der Waals surface area (Å²) >= 11 is 1.49. The van der Waals surface area contributed by atoms with Crippen molar-refractivity contribution in [1.82, 2.24) is 10.3 Å². The van der Waals surface area contributed by atoms with Crippen LogP contribution in [0.25, 0.3) is 0 Å². The fourth-order valence-electron chi connectivity index (χ4n) is 4.14. The van der Waals surface area contributed by atoms with Crippen molar-refractivity contribution in [2.24, 2.45) is 21.9 Å². The lowest BCUT2D eigenvalue weighted by molar-refractivity contribution is -0.119. The third kappa shape index (κ3) is 3.39. The van der Waals surface area contributed by atoms with Crippen LogP contribution in [-0.4, -0.2) is 34.1 Å². The predicted molar refractivity (Wildman–Crippen MR) is 108 cm³/mol. The van der Waals surface area contributed by atoms with Crippen LogP contribution in [0.4, 0.5) is 5.69 Å². The van der Waals surface area contributed by atoms with Gasteiger partial charge in [-0.25, -0.2) is 10.0 Å². The van der Waals surface area contributed by atoms with Crippen LogP contribution >= 0.6 is 11.8 Å². The Hall–Kier alpha value is -1.82. The molecule has 3 aliphatic rings. The third-order valence-corrected chi connectivity index (χ3v) is 6.87. The maximum atomic E-state index is 12.5. The van der Waals surface area contributed by atoms with E-state index in [1.165, 1.54) is 30.2 Å². The Bertz CT molecular complexity index is 747. The molecule has 5 nitrogen and oxygen atoms in total. The zero-order valence-electron chi connectivity index (χ0n) is 15.4. The summed E-state index contributed by atoms with van der Waals surface area (Å²) in [5.74, 6) is 1.71. The third-order valence-electron chi connectivity index (χ3n) is 5.92. The monoisotopic (exact) mass is 370 g/mol. The molecule has 6 heteroatoms. The first-order chi connectivity index (χ1) is 12.6. The minimum Gasteiger partial charge on any atom is -0.352 e. The van der Waals surface area contributed by atoms with E-state index in [0.29, 0.717) is 23.6 Å². The van der Waals surface area contributed by atoms with Crippen molar-refractivity contribution in [3.63, 3.8) is 0 Å². The molecule has 4 atom stereocenters. The summed E-state index contributed by atoms with van der Waals surface area (Å²) in [7, 11) is 0. The number of hydrogen-bond acceptors (Lipinski definition) is 5. The summed E-state index contributed by atoms with van der Waals surface area (Å²) in [6.45, 7) is 4.55. The molecule has 1 aromatic rings. The number of carbonyl (C=O) groups excluding carboxylic acids is 1. The van der Waals surface area contributed by atoms with Crippen LogP contribution in [0.3, 0.4) is 0 Å². The number of rotatable bonds is 3. The van der Waals surface area contributed by atoms with E-state index < -0.39 is 0 Å². The molecular weight excluding hydrogens is 344 g/mol. The van der Waals surface area contributed by atoms with Gasteiger partial charge in [0.2, 0.25) is 5.91 Å². The van der Waals surface area contributed by atoms with Crippen molar-refractivity contribution < 1.29 is 4.79 Å². The number of nitrogens with one attached hydrogen (secondary N) is 1. The van der Waals surface area contributed by atoms with Crippen molar-refractivity contribution in [3.05, 3.63) is 29.8 Å². The molecule has 0 unspecified atom stereocenters. The first kappa shape index (κ1) is 17.6. The van der Waals surface area contributed by atoms with Gasteiger partial charge in [0, 0.05) is 24.2 Å². The number of aliphatic imine (C=N–C) groups is 1. The molecule has 1 N–H and O–H groups in total. The topological polar surface area (TPSA) is 57.1 Å². The highest BCUT2D eigenvalue weighted by molar-refractivity contribution is 8.14. The summed E-state index contributed by atoms with van der Waals surface area (Å²) in [6.07, 6.45) is 6.40. The van der Waals surface area contributed by atoms with Gasteiger partial charge >= 0.3 is 0 Å². The van der Waals surface area contributed by atoms with Crippen LogP contribution < -0.4 is 5.32 Å². The van der Waals surface area contributed by atoms with E-state index in [0.717, 1.165) is 23.7 Å². The van der Waals surface area contributed by atoms with Gasteiger partial charge in [0.25, 0.3) is 0 Å². The molecule has 2 aliphatic heterocycles. The molecule has 0 aromatic heterocycles. The summed E-state index contributed by atoms with van der Waals surface area (Å²) in [6, 6.07) is 8.73. The summed E-state index contributed by atoms with van der Waals surface area (Å²) < 4.78 is 0. The lowest BCUT2D eigenvalue weighted by Gasteiger charge is -2.34. The molecule has 1 saturated carbocycles. The van der Waals surface area contributed by atoms with E-state index in [1.54, 1.807) is 0 Å². The second kappa shape index (κ2) is 7.43. The highest BCUT2D eigenvalue weighted by Crippen LogP contribution is 2.40. The number of amidine groups is 1. The maximum Gasteiger partial charge on any atom is 0.230 e. The number of thioether (sulfide) groups is 1. The predicted octanol–water partition coefficient (Wildman–Crippen LogP) is 4.09. The van der Waals surface area contributed by atoms with Gasteiger partial charge in [0.1, 0.15) is 0 Å². The summed E-state index contributed by atoms with van der Waals surface area (Å²) in [5.41, 5.74) is 2.21. The number of para-hydroxylation sites is 1. The zero-order valence-corrected chi connectivity index (χ0v) is 16.2. The van der Waals surface area contributed by atoms with Crippen LogP contribution in [0.2, 0.25) is 0 Å². The van der Waals surface area contributed by atoms with Gasteiger partial charge in [-0.2, -0.15) is 5.10 Å². The normalized spacial score (nSPS) is 29.8. The van der Waals surface area contributed by atoms with E-state index in [4.69, 9.17) is 4.99 Å². The molecule has 2 heterocycles. The minimum atomic E-state index is 0.0993. The van der Waals surface area contributed by atoms with Crippen molar-refractivity contribution >= 4 is 34.7 Å². The molecule has 138 valence electrons. The van der Waals surface area contributed by atoms with Gasteiger partial charge in [-0.15, -0.1) is 0 Å². The first-order valence-electron chi connectivity index (χ1n) is 9.55. The molecule has 1 aliphatic carbocycles. The van der Waals surface area contributed by atoms with Crippen LogP contribution in [0, 0.1) is 11.8 Å².